The smallest absolute Gasteiger partial charge is 0.308 e. The van der Waals surface area contributed by atoms with E-state index >= 15 is 0 Å². The van der Waals surface area contributed by atoms with Crippen LogP contribution in [-0.2, 0) is 0 Å². The van der Waals surface area contributed by atoms with Crippen molar-refractivity contribution in [2.45, 2.75) is 13.8 Å². The van der Waals surface area contributed by atoms with Crippen LogP contribution in [-0.4, -0.2) is 6.03 Å². The van der Waals surface area contributed by atoms with Crippen molar-refractivity contribution in [2.75, 3.05) is 10.6 Å². The molecule has 2 aromatic carbocycles. The molecule has 0 bridgehead atoms. The highest BCUT2D eigenvalue weighted by Crippen LogP contribution is 2.15. The predicted molar refractivity (Wildman–Crippen MR) is 82.9 cm³/mol. The molecule has 2 rings (SSSR count). The van der Waals surface area contributed by atoms with E-state index in [1.54, 1.807) is 12.1 Å². The number of hydrogen-bond donors (Lipinski definition) is 2. The number of aryl methyl sites for hydroxylation is 2. The van der Waals surface area contributed by atoms with Crippen LogP contribution in [0.15, 0.2) is 42.5 Å². The molecule has 0 radical (unpaired) electrons. The van der Waals surface area contributed by atoms with Crippen molar-refractivity contribution in [1.29, 1.82) is 0 Å². The average molecular weight is 264 g/mol. The predicted octanol–water partition coefficient (Wildman–Crippen LogP) is 3.93. The first-order valence-electron chi connectivity index (χ1n) is 6.30. The molecule has 0 heterocycles. The van der Waals surface area contributed by atoms with Crippen molar-refractivity contribution in [3.63, 3.8) is 0 Å². The molecule has 0 unspecified atom stereocenters. The van der Waals surface area contributed by atoms with E-state index in [-0.39, 0.29) is 6.03 Å². The van der Waals surface area contributed by atoms with Gasteiger partial charge in [0.25, 0.3) is 0 Å². The van der Waals surface area contributed by atoms with Crippen LogP contribution in [0.2, 0.25) is 0 Å². The summed E-state index contributed by atoms with van der Waals surface area (Å²) in [6.45, 7) is 3.99. The second-order valence-corrected chi connectivity index (χ2v) is 4.68. The molecular formula is C17H16N2O. The van der Waals surface area contributed by atoms with E-state index in [4.69, 9.17) is 6.42 Å². The van der Waals surface area contributed by atoms with Crippen molar-refractivity contribution in [1.82, 2.24) is 0 Å². The Hall–Kier alpha value is -2.73. The minimum atomic E-state index is -0.288. The van der Waals surface area contributed by atoms with Crippen LogP contribution in [0.4, 0.5) is 16.2 Å². The van der Waals surface area contributed by atoms with E-state index in [0.717, 1.165) is 22.4 Å². The number of hydrogen-bond acceptors (Lipinski definition) is 1. The summed E-state index contributed by atoms with van der Waals surface area (Å²) >= 11 is 0. The van der Waals surface area contributed by atoms with Crippen LogP contribution in [0.25, 0.3) is 0 Å². The molecule has 0 aromatic heterocycles. The van der Waals surface area contributed by atoms with Gasteiger partial charge in [0.1, 0.15) is 0 Å². The molecule has 0 aliphatic carbocycles. The van der Waals surface area contributed by atoms with Gasteiger partial charge in [-0.2, -0.15) is 0 Å². The van der Waals surface area contributed by atoms with Crippen LogP contribution < -0.4 is 10.6 Å². The molecule has 3 nitrogen and oxygen atoms in total. The maximum atomic E-state index is 11.9. The number of amides is 2. The third kappa shape index (κ3) is 3.63. The van der Waals surface area contributed by atoms with Gasteiger partial charge < -0.3 is 10.6 Å². The number of terminal acetylenes is 1. The van der Waals surface area contributed by atoms with Crippen molar-refractivity contribution >= 4 is 17.4 Å². The fourth-order valence-corrected chi connectivity index (χ4v) is 2.03. The van der Waals surface area contributed by atoms with E-state index in [2.05, 4.69) is 22.6 Å². The van der Waals surface area contributed by atoms with E-state index < -0.39 is 0 Å². The summed E-state index contributed by atoms with van der Waals surface area (Å²) in [5.74, 6) is 2.53. The average Bonchev–Trinajstić information content (AvgIpc) is 2.37. The molecular weight excluding hydrogens is 248 g/mol. The normalized spacial score (nSPS) is 9.65. The molecule has 0 saturated heterocycles. The largest absolute Gasteiger partial charge is 0.323 e. The van der Waals surface area contributed by atoms with Gasteiger partial charge in [-0.15, -0.1) is 6.42 Å². The zero-order chi connectivity index (χ0) is 14.5. The number of urea groups is 1. The van der Waals surface area contributed by atoms with Crippen molar-refractivity contribution in [3.05, 3.63) is 59.2 Å². The summed E-state index contributed by atoms with van der Waals surface area (Å²) in [5, 5.41) is 5.57. The first-order valence-corrected chi connectivity index (χ1v) is 6.30. The lowest BCUT2D eigenvalue weighted by atomic mass is 10.1. The lowest BCUT2D eigenvalue weighted by Crippen LogP contribution is -2.19. The minimum absolute atomic E-state index is 0.288. The molecule has 2 aromatic rings. The van der Waals surface area contributed by atoms with Crippen molar-refractivity contribution in [3.8, 4) is 12.3 Å². The molecule has 0 spiro atoms. The number of rotatable bonds is 2. The van der Waals surface area contributed by atoms with Crippen LogP contribution in [0.3, 0.4) is 0 Å². The Morgan fingerprint density at radius 2 is 1.65 bits per heavy atom. The zero-order valence-corrected chi connectivity index (χ0v) is 11.5. The highest BCUT2D eigenvalue weighted by atomic mass is 16.2. The first-order chi connectivity index (χ1) is 9.56. The Labute approximate surface area is 119 Å². The maximum Gasteiger partial charge on any atom is 0.323 e. The van der Waals surface area contributed by atoms with Gasteiger partial charge in [0, 0.05) is 16.9 Å². The number of benzene rings is 2. The second-order valence-electron chi connectivity index (χ2n) is 4.68. The van der Waals surface area contributed by atoms with Gasteiger partial charge in [-0.3, -0.25) is 0 Å². The molecule has 0 aliphatic rings. The monoisotopic (exact) mass is 264 g/mol. The SMILES string of the molecule is C#Cc1cccc(NC(=O)Nc2cc(C)cc(C)c2)c1. The molecule has 100 valence electrons. The Morgan fingerprint density at radius 3 is 2.30 bits per heavy atom. The first kappa shape index (κ1) is 13.7. The van der Waals surface area contributed by atoms with Crippen molar-refractivity contribution < 1.29 is 4.79 Å². The van der Waals surface area contributed by atoms with E-state index in [0.29, 0.717) is 5.69 Å². The standard InChI is InChI=1S/C17H16N2O/c1-4-14-6-5-7-15(11-14)18-17(20)19-16-9-12(2)8-13(3)10-16/h1,5-11H,2-3H3,(H2,18,19,20). The van der Waals surface area contributed by atoms with E-state index in [1.165, 1.54) is 0 Å². The third-order valence-corrected chi connectivity index (χ3v) is 2.77. The number of carbonyl (C=O) groups excluding carboxylic acids is 1. The molecule has 2 N–H and O–H groups in total. The van der Waals surface area contributed by atoms with Gasteiger partial charge in [0.15, 0.2) is 0 Å². The number of nitrogens with one attached hydrogen (secondary N) is 2. The topological polar surface area (TPSA) is 41.1 Å². The molecule has 20 heavy (non-hydrogen) atoms. The van der Waals surface area contributed by atoms with Crippen LogP contribution in [0.1, 0.15) is 16.7 Å². The highest BCUT2D eigenvalue weighted by Gasteiger charge is 2.04. The Morgan fingerprint density at radius 1 is 1.00 bits per heavy atom. The summed E-state index contributed by atoms with van der Waals surface area (Å²) in [5.41, 5.74) is 4.38. The van der Waals surface area contributed by atoms with Crippen LogP contribution >= 0.6 is 0 Å². The van der Waals surface area contributed by atoms with Gasteiger partial charge in [-0.25, -0.2) is 4.79 Å². The lowest BCUT2D eigenvalue weighted by Gasteiger charge is -2.09. The maximum absolute atomic E-state index is 11.9. The summed E-state index contributed by atoms with van der Waals surface area (Å²) < 4.78 is 0. The highest BCUT2D eigenvalue weighted by molar-refractivity contribution is 5.99. The van der Waals surface area contributed by atoms with Gasteiger partial charge in [-0.05, 0) is 55.3 Å². The number of anilines is 2. The molecule has 0 saturated carbocycles. The van der Waals surface area contributed by atoms with Crippen LogP contribution in [0.5, 0.6) is 0 Å². The van der Waals surface area contributed by atoms with Crippen LogP contribution in [0, 0.1) is 26.2 Å². The molecule has 0 aliphatic heterocycles. The Balaban J connectivity index is 2.07. The minimum Gasteiger partial charge on any atom is -0.308 e. The molecule has 0 fully saturated rings. The van der Waals surface area contributed by atoms with E-state index in [9.17, 15) is 4.79 Å². The summed E-state index contributed by atoms with van der Waals surface area (Å²) in [7, 11) is 0. The fourth-order valence-electron chi connectivity index (χ4n) is 2.03. The van der Waals surface area contributed by atoms with Gasteiger partial charge >= 0.3 is 6.03 Å². The van der Waals surface area contributed by atoms with Gasteiger partial charge in [0.05, 0.1) is 0 Å². The quantitative estimate of drug-likeness (QED) is 0.793. The second kappa shape index (κ2) is 5.94. The molecule has 0 atom stereocenters. The summed E-state index contributed by atoms with van der Waals surface area (Å²) in [4.78, 5) is 11.9. The Bertz CT molecular complexity index is 663. The molecule has 3 heteroatoms. The lowest BCUT2D eigenvalue weighted by molar-refractivity contribution is 0.262. The summed E-state index contributed by atoms with van der Waals surface area (Å²) in [6, 6.07) is 12.8. The van der Waals surface area contributed by atoms with Gasteiger partial charge in [0.2, 0.25) is 0 Å². The number of carbonyl (C=O) groups is 1. The third-order valence-electron chi connectivity index (χ3n) is 2.77. The van der Waals surface area contributed by atoms with Crippen molar-refractivity contribution in [2.24, 2.45) is 0 Å². The molecule has 2 amide bonds. The summed E-state index contributed by atoms with van der Waals surface area (Å²) in [6.07, 6.45) is 5.33. The Kier molecular flexibility index (Phi) is 4.07. The van der Waals surface area contributed by atoms with Gasteiger partial charge in [-0.1, -0.05) is 18.1 Å². The zero-order valence-electron chi connectivity index (χ0n) is 11.5. The fraction of sp³-hybridized carbons (Fsp3) is 0.118. The van der Waals surface area contributed by atoms with E-state index in [1.807, 2.05) is 38.1 Å².